The number of ether oxygens (including phenoxy) is 2. The zero-order valence-electron chi connectivity index (χ0n) is 18.6. The molecule has 1 aromatic heterocycles. The van der Waals surface area contributed by atoms with Crippen LogP contribution in [-0.4, -0.2) is 48.4 Å². The van der Waals surface area contributed by atoms with E-state index in [1.165, 1.54) is 0 Å². The van der Waals surface area contributed by atoms with Crippen LogP contribution in [-0.2, 0) is 0 Å². The molecule has 0 spiro atoms. The molecule has 0 saturated heterocycles. The molecule has 0 bridgehead atoms. The van der Waals surface area contributed by atoms with Gasteiger partial charge in [-0.3, -0.25) is 9.13 Å². The van der Waals surface area contributed by atoms with Gasteiger partial charge in [-0.1, -0.05) is 30.3 Å². The third kappa shape index (κ3) is 4.60. The highest BCUT2D eigenvalue weighted by Gasteiger charge is 2.12. The standard InChI is InChI=1S/C26H27N3O3/c1-27(2)17-18-32-23-12-9-21(10-13-23)28-15-16-29(26(28)30)22-11-14-25(31-3)24(19-22)20-7-5-4-6-8-20/h4-16,19H,17-18H2,1-3H3. The first-order valence-corrected chi connectivity index (χ1v) is 10.5. The van der Waals surface area contributed by atoms with Gasteiger partial charge in [-0.15, -0.1) is 0 Å². The lowest BCUT2D eigenvalue weighted by atomic mass is 10.0. The van der Waals surface area contributed by atoms with Crippen molar-refractivity contribution >= 4 is 0 Å². The summed E-state index contributed by atoms with van der Waals surface area (Å²) in [6, 6.07) is 23.3. The molecule has 0 amide bonds. The zero-order chi connectivity index (χ0) is 22.5. The average Bonchev–Trinajstić information content (AvgIpc) is 3.20. The Labute approximate surface area is 187 Å². The Morgan fingerprint density at radius 2 is 1.50 bits per heavy atom. The summed E-state index contributed by atoms with van der Waals surface area (Å²) in [6.45, 7) is 1.46. The largest absolute Gasteiger partial charge is 0.496 e. The highest BCUT2D eigenvalue weighted by molar-refractivity contribution is 5.72. The summed E-state index contributed by atoms with van der Waals surface area (Å²) in [5.74, 6) is 1.54. The Hall–Kier alpha value is -3.77. The van der Waals surface area contributed by atoms with E-state index in [9.17, 15) is 4.79 Å². The smallest absolute Gasteiger partial charge is 0.337 e. The highest BCUT2D eigenvalue weighted by atomic mass is 16.5. The summed E-state index contributed by atoms with van der Waals surface area (Å²) < 4.78 is 14.5. The number of nitrogens with zero attached hydrogens (tertiary/aromatic N) is 3. The van der Waals surface area contributed by atoms with Crippen LogP contribution in [0.2, 0.25) is 0 Å². The molecule has 0 radical (unpaired) electrons. The normalized spacial score (nSPS) is 11.0. The van der Waals surface area contributed by atoms with E-state index in [4.69, 9.17) is 9.47 Å². The Balaban J connectivity index is 1.62. The first-order chi connectivity index (χ1) is 15.6. The van der Waals surface area contributed by atoms with Crippen LogP contribution in [0, 0.1) is 0 Å². The van der Waals surface area contributed by atoms with Gasteiger partial charge in [0, 0.05) is 24.5 Å². The van der Waals surface area contributed by atoms with Gasteiger partial charge >= 0.3 is 5.69 Å². The van der Waals surface area contributed by atoms with E-state index >= 15 is 0 Å². The molecule has 0 atom stereocenters. The minimum Gasteiger partial charge on any atom is -0.496 e. The van der Waals surface area contributed by atoms with Crippen molar-refractivity contribution in [2.45, 2.75) is 0 Å². The highest BCUT2D eigenvalue weighted by Crippen LogP contribution is 2.31. The van der Waals surface area contributed by atoms with Crippen molar-refractivity contribution < 1.29 is 9.47 Å². The molecule has 0 unspecified atom stereocenters. The number of rotatable bonds is 8. The predicted octanol–water partition coefficient (Wildman–Crippen LogP) is 4.24. The van der Waals surface area contributed by atoms with Crippen molar-refractivity contribution in [2.24, 2.45) is 0 Å². The van der Waals surface area contributed by atoms with Crippen LogP contribution in [0.4, 0.5) is 0 Å². The van der Waals surface area contributed by atoms with Crippen LogP contribution >= 0.6 is 0 Å². The molecule has 0 aliphatic heterocycles. The van der Waals surface area contributed by atoms with Crippen molar-refractivity contribution in [3.8, 4) is 34.0 Å². The van der Waals surface area contributed by atoms with Crippen LogP contribution in [0.1, 0.15) is 0 Å². The molecule has 6 nitrogen and oxygen atoms in total. The molecule has 3 aromatic carbocycles. The minimum atomic E-state index is -0.143. The lowest BCUT2D eigenvalue weighted by Crippen LogP contribution is -2.21. The number of likely N-dealkylation sites (N-methyl/N-ethyl adjacent to an activating group) is 1. The maximum absolute atomic E-state index is 13.2. The van der Waals surface area contributed by atoms with Crippen molar-refractivity contribution in [1.29, 1.82) is 0 Å². The molecule has 164 valence electrons. The third-order valence-electron chi connectivity index (χ3n) is 5.25. The number of benzene rings is 3. The lowest BCUT2D eigenvalue weighted by molar-refractivity contribution is 0.261. The van der Waals surface area contributed by atoms with E-state index < -0.39 is 0 Å². The SMILES string of the molecule is COc1ccc(-n2ccn(-c3ccc(OCCN(C)C)cc3)c2=O)cc1-c1ccccc1. The maximum Gasteiger partial charge on any atom is 0.337 e. The summed E-state index contributed by atoms with van der Waals surface area (Å²) in [7, 11) is 5.67. The third-order valence-corrected chi connectivity index (χ3v) is 5.25. The second-order valence-electron chi connectivity index (χ2n) is 7.72. The minimum absolute atomic E-state index is 0.143. The van der Waals surface area contributed by atoms with Gasteiger partial charge in [0.15, 0.2) is 0 Å². The fourth-order valence-corrected chi connectivity index (χ4v) is 3.51. The molecule has 4 rings (SSSR count). The Morgan fingerprint density at radius 1 is 0.844 bits per heavy atom. The van der Waals surface area contributed by atoms with Crippen LogP contribution in [0.25, 0.3) is 22.5 Å². The van der Waals surface area contributed by atoms with E-state index in [2.05, 4.69) is 4.90 Å². The molecular formula is C26H27N3O3. The van der Waals surface area contributed by atoms with E-state index in [1.807, 2.05) is 86.9 Å². The van der Waals surface area contributed by atoms with Gasteiger partial charge in [-0.25, -0.2) is 4.79 Å². The number of methoxy groups -OCH3 is 1. The molecule has 1 heterocycles. The monoisotopic (exact) mass is 429 g/mol. The van der Waals surface area contributed by atoms with Crippen LogP contribution in [0.5, 0.6) is 11.5 Å². The molecule has 0 aliphatic carbocycles. The summed E-state index contributed by atoms with van der Waals surface area (Å²) in [4.78, 5) is 15.2. The first kappa shape index (κ1) is 21.5. The topological polar surface area (TPSA) is 48.6 Å². The van der Waals surface area contributed by atoms with Gasteiger partial charge in [0.05, 0.1) is 18.5 Å². The van der Waals surface area contributed by atoms with Gasteiger partial charge in [0.2, 0.25) is 0 Å². The van der Waals surface area contributed by atoms with E-state index in [0.717, 1.165) is 40.5 Å². The van der Waals surface area contributed by atoms with Gasteiger partial charge in [0.1, 0.15) is 18.1 Å². The molecule has 6 heteroatoms. The Kier molecular flexibility index (Phi) is 6.42. The maximum atomic E-state index is 13.2. The van der Waals surface area contributed by atoms with E-state index in [-0.39, 0.29) is 5.69 Å². The first-order valence-electron chi connectivity index (χ1n) is 10.5. The van der Waals surface area contributed by atoms with Crippen molar-refractivity contribution in [3.63, 3.8) is 0 Å². The summed E-state index contributed by atoms with van der Waals surface area (Å²) in [5.41, 5.74) is 3.38. The molecule has 0 N–H and O–H groups in total. The van der Waals surface area contributed by atoms with E-state index in [0.29, 0.717) is 6.61 Å². The molecule has 0 fully saturated rings. The second-order valence-corrected chi connectivity index (χ2v) is 7.72. The Morgan fingerprint density at radius 3 is 2.16 bits per heavy atom. The molecular weight excluding hydrogens is 402 g/mol. The predicted molar refractivity (Wildman–Crippen MR) is 127 cm³/mol. The summed E-state index contributed by atoms with van der Waals surface area (Å²) >= 11 is 0. The lowest BCUT2D eigenvalue weighted by Gasteiger charge is -2.12. The van der Waals surface area contributed by atoms with Gasteiger partial charge in [0.25, 0.3) is 0 Å². The summed E-state index contributed by atoms with van der Waals surface area (Å²) in [6.07, 6.45) is 3.55. The fourth-order valence-electron chi connectivity index (χ4n) is 3.51. The van der Waals surface area contributed by atoms with Gasteiger partial charge < -0.3 is 14.4 Å². The molecule has 0 aliphatic rings. The molecule has 32 heavy (non-hydrogen) atoms. The van der Waals surface area contributed by atoms with Crippen LogP contribution < -0.4 is 15.2 Å². The van der Waals surface area contributed by atoms with Crippen LogP contribution in [0.15, 0.2) is 90.0 Å². The quantitative estimate of drug-likeness (QED) is 0.420. The average molecular weight is 430 g/mol. The van der Waals surface area contributed by atoms with Gasteiger partial charge in [-0.05, 0) is 62.1 Å². The van der Waals surface area contributed by atoms with Crippen molar-refractivity contribution in [1.82, 2.24) is 14.0 Å². The second kappa shape index (κ2) is 9.58. The zero-order valence-corrected chi connectivity index (χ0v) is 18.6. The fraction of sp³-hybridized carbons (Fsp3) is 0.192. The molecule has 0 saturated carbocycles. The Bertz CT molecular complexity index is 1230. The summed E-state index contributed by atoms with van der Waals surface area (Å²) in [5, 5.41) is 0. The van der Waals surface area contributed by atoms with Gasteiger partial charge in [-0.2, -0.15) is 0 Å². The number of imidazole rings is 1. The number of hydrogen-bond acceptors (Lipinski definition) is 4. The number of hydrogen-bond donors (Lipinski definition) is 0. The van der Waals surface area contributed by atoms with Crippen LogP contribution in [0.3, 0.4) is 0 Å². The van der Waals surface area contributed by atoms with E-state index in [1.54, 1.807) is 28.6 Å². The van der Waals surface area contributed by atoms with Crippen molar-refractivity contribution in [3.05, 3.63) is 95.7 Å². The molecule has 4 aromatic rings. The van der Waals surface area contributed by atoms with Crippen molar-refractivity contribution in [2.75, 3.05) is 34.4 Å². The number of aromatic nitrogens is 2.